The highest BCUT2D eigenvalue weighted by atomic mass is 32.1. The molecule has 2 aromatic heterocycles. The maximum atomic E-state index is 13.2. The molecule has 124 valence electrons. The lowest BCUT2D eigenvalue weighted by molar-refractivity contribution is 0.0599. The van der Waals surface area contributed by atoms with E-state index in [9.17, 15) is 9.59 Å². The van der Waals surface area contributed by atoms with Crippen molar-refractivity contribution in [3.8, 4) is 0 Å². The van der Waals surface area contributed by atoms with E-state index in [4.69, 9.17) is 4.74 Å². The van der Waals surface area contributed by atoms with Crippen LogP contribution in [-0.2, 0) is 11.8 Å². The molecule has 0 N–H and O–H groups in total. The van der Waals surface area contributed by atoms with Crippen LogP contribution in [0.3, 0.4) is 0 Å². The Morgan fingerprint density at radius 3 is 2.52 bits per heavy atom. The lowest BCUT2D eigenvalue weighted by Crippen LogP contribution is -2.12. The smallest absolute Gasteiger partial charge is 0.340 e. The van der Waals surface area contributed by atoms with Gasteiger partial charge in [-0.1, -0.05) is 36.4 Å². The molecule has 25 heavy (non-hydrogen) atoms. The first-order valence-corrected chi connectivity index (χ1v) is 8.62. The number of aryl methyl sites for hydroxylation is 1. The number of fused-ring (bicyclic) bond motifs is 2. The Morgan fingerprint density at radius 2 is 1.76 bits per heavy atom. The van der Waals surface area contributed by atoms with E-state index in [-0.39, 0.29) is 5.78 Å². The average Bonchev–Trinajstić information content (AvgIpc) is 3.20. The van der Waals surface area contributed by atoms with Crippen molar-refractivity contribution >= 4 is 44.1 Å². The molecular formula is C20H15NO3S. The number of nitrogens with zero attached hydrogens (tertiary/aromatic N) is 1. The summed E-state index contributed by atoms with van der Waals surface area (Å²) >= 11 is 1.43. The number of ether oxygens (including phenoxy) is 1. The van der Waals surface area contributed by atoms with Crippen molar-refractivity contribution in [2.45, 2.75) is 0 Å². The van der Waals surface area contributed by atoms with E-state index in [1.54, 1.807) is 11.6 Å². The topological polar surface area (TPSA) is 48.3 Å². The van der Waals surface area contributed by atoms with Crippen LogP contribution in [0.4, 0.5) is 0 Å². The minimum absolute atomic E-state index is 0.166. The predicted molar refractivity (Wildman–Crippen MR) is 99.5 cm³/mol. The molecule has 0 aliphatic rings. The van der Waals surface area contributed by atoms with Crippen LogP contribution in [0, 0.1) is 0 Å². The fourth-order valence-corrected chi connectivity index (χ4v) is 4.18. The third kappa shape index (κ3) is 2.36. The van der Waals surface area contributed by atoms with Crippen LogP contribution >= 0.6 is 11.3 Å². The van der Waals surface area contributed by atoms with Gasteiger partial charge in [0.25, 0.3) is 0 Å². The van der Waals surface area contributed by atoms with E-state index < -0.39 is 5.97 Å². The second-order valence-corrected chi connectivity index (χ2v) is 6.85. The van der Waals surface area contributed by atoms with Crippen molar-refractivity contribution in [1.82, 2.24) is 4.57 Å². The highest BCUT2D eigenvalue weighted by Crippen LogP contribution is 2.32. The molecule has 0 bridgehead atoms. The van der Waals surface area contributed by atoms with Gasteiger partial charge in [-0.3, -0.25) is 4.79 Å². The van der Waals surface area contributed by atoms with Crippen molar-refractivity contribution < 1.29 is 14.3 Å². The summed E-state index contributed by atoms with van der Waals surface area (Å²) < 4.78 is 7.76. The molecule has 0 unspecified atom stereocenters. The van der Waals surface area contributed by atoms with Gasteiger partial charge < -0.3 is 9.30 Å². The first-order chi connectivity index (χ1) is 12.1. The van der Waals surface area contributed by atoms with Crippen molar-refractivity contribution in [1.29, 1.82) is 0 Å². The van der Waals surface area contributed by atoms with Crippen LogP contribution in [0.5, 0.6) is 0 Å². The summed E-state index contributed by atoms with van der Waals surface area (Å²) in [5, 5.41) is 1.75. The van der Waals surface area contributed by atoms with E-state index in [1.807, 2.05) is 54.6 Å². The van der Waals surface area contributed by atoms with Gasteiger partial charge in [0.05, 0.1) is 17.6 Å². The Bertz CT molecular complexity index is 1100. The van der Waals surface area contributed by atoms with Gasteiger partial charge in [0.1, 0.15) is 5.69 Å². The zero-order valence-corrected chi connectivity index (χ0v) is 14.6. The summed E-state index contributed by atoms with van der Waals surface area (Å²) in [4.78, 5) is 26.2. The van der Waals surface area contributed by atoms with Gasteiger partial charge in [-0.25, -0.2) is 4.79 Å². The van der Waals surface area contributed by atoms with Gasteiger partial charge >= 0.3 is 5.97 Å². The zero-order valence-electron chi connectivity index (χ0n) is 13.8. The Balaban J connectivity index is 1.97. The molecule has 4 nitrogen and oxygen atoms in total. The van der Waals surface area contributed by atoms with E-state index in [2.05, 4.69) is 0 Å². The normalized spacial score (nSPS) is 11.1. The van der Waals surface area contributed by atoms with Crippen molar-refractivity contribution in [2.75, 3.05) is 7.11 Å². The number of aromatic nitrogens is 1. The lowest BCUT2D eigenvalue weighted by atomic mass is 10.1. The van der Waals surface area contributed by atoms with Crippen molar-refractivity contribution in [3.63, 3.8) is 0 Å². The molecule has 0 amide bonds. The van der Waals surface area contributed by atoms with Gasteiger partial charge in [-0.2, -0.15) is 0 Å². The number of methoxy groups -OCH3 is 1. The van der Waals surface area contributed by atoms with Crippen molar-refractivity contribution in [2.24, 2.45) is 7.05 Å². The first-order valence-electron chi connectivity index (χ1n) is 7.81. The fourth-order valence-electron chi connectivity index (χ4n) is 3.18. The quantitative estimate of drug-likeness (QED) is 0.407. The predicted octanol–water partition coefficient (Wildman–Crippen LogP) is 4.41. The van der Waals surface area contributed by atoms with Gasteiger partial charge in [0.2, 0.25) is 5.78 Å². The zero-order chi connectivity index (χ0) is 17.6. The molecule has 0 saturated carbocycles. The molecule has 2 heterocycles. The molecule has 0 radical (unpaired) electrons. The molecule has 0 fully saturated rings. The number of para-hydroxylation sites is 1. The first kappa shape index (κ1) is 15.6. The Kier molecular flexibility index (Phi) is 3.66. The number of carbonyl (C=O) groups is 2. The molecule has 0 aliphatic heterocycles. The Morgan fingerprint density at radius 1 is 1.04 bits per heavy atom. The Hall–Kier alpha value is -2.92. The second-order valence-electron chi connectivity index (χ2n) is 5.77. The van der Waals surface area contributed by atoms with Crippen molar-refractivity contribution in [3.05, 3.63) is 70.7 Å². The lowest BCUT2D eigenvalue weighted by Gasteiger charge is -2.04. The molecule has 4 rings (SSSR count). The number of carbonyl (C=O) groups excluding carboxylic acids is 2. The standard InChI is InChI=1S/C20H15NO3S/c1-21-14-9-5-4-8-13(14)17(20(23)24-2)18(21)19(22)16-11-12-7-3-6-10-15(12)25-16/h3-11H,1-2H3. The third-order valence-electron chi connectivity index (χ3n) is 4.36. The van der Waals surface area contributed by atoms with Gasteiger partial charge in [-0.15, -0.1) is 11.3 Å². The molecule has 2 aromatic carbocycles. The number of esters is 1. The molecular weight excluding hydrogens is 334 g/mol. The molecule has 0 aliphatic carbocycles. The van der Waals surface area contributed by atoms with E-state index in [1.165, 1.54) is 18.4 Å². The Labute approximate surface area is 148 Å². The van der Waals surface area contributed by atoms with Gasteiger partial charge in [-0.05, 0) is 23.6 Å². The maximum absolute atomic E-state index is 13.2. The number of rotatable bonds is 3. The number of benzene rings is 2. The van der Waals surface area contributed by atoms with E-state index in [0.717, 1.165) is 21.0 Å². The number of ketones is 1. The van der Waals surface area contributed by atoms with E-state index >= 15 is 0 Å². The largest absolute Gasteiger partial charge is 0.465 e. The maximum Gasteiger partial charge on any atom is 0.340 e. The highest BCUT2D eigenvalue weighted by Gasteiger charge is 2.27. The summed E-state index contributed by atoms with van der Waals surface area (Å²) in [5.74, 6) is -0.665. The second kappa shape index (κ2) is 5.86. The summed E-state index contributed by atoms with van der Waals surface area (Å²) in [7, 11) is 3.13. The van der Waals surface area contributed by atoms with Crippen LogP contribution < -0.4 is 0 Å². The summed E-state index contributed by atoms with van der Waals surface area (Å²) in [5.41, 5.74) is 1.51. The molecule has 0 spiro atoms. The van der Waals surface area contributed by atoms with Crippen LogP contribution in [0.2, 0.25) is 0 Å². The molecule has 5 heteroatoms. The molecule has 0 saturated heterocycles. The highest BCUT2D eigenvalue weighted by molar-refractivity contribution is 7.21. The van der Waals surface area contributed by atoms with Crippen LogP contribution in [0.1, 0.15) is 25.7 Å². The van der Waals surface area contributed by atoms with Gasteiger partial charge in [0, 0.05) is 22.7 Å². The fraction of sp³-hybridized carbons (Fsp3) is 0.100. The van der Waals surface area contributed by atoms with Crippen LogP contribution in [-0.4, -0.2) is 23.4 Å². The summed E-state index contributed by atoms with van der Waals surface area (Å²) in [6.45, 7) is 0. The van der Waals surface area contributed by atoms with E-state index in [0.29, 0.717) is 16.1 Å². The van der Waals surface area contributed by atoms with Crippen LogP contribution in [0.25, 0.3) is 21.0 Å². The minimum Gasteiger partial charge on any atom is -0.465 e. The average molecular weight is 349 g/mol. The number of hydrogen-bond acceptors (Lipinski definition) is 4. The summed E-state index contributed by atoms with van der Waals surface area (Å²) in [6, 6.07) is 17.2. The molecule has 0 atom stereocenters. The van der Waals surface area contributed by atoms with Crippen LogP contribution in [0.15, 0.2) is 54.6 Å². The minimum atomic E-state index is -0.499. The molecule has 4 aromatic rings. The summed E-state index contributed by atoms with van der Waals surface area (Å²) in [6.07, 6.45) is 0. The number of hydrogen-bond donors (Lipinski definition) is 0. The SMILES string of the molecule is COC(=O)c1c(C(=O)c2cc3ccccc3s2)n(C)c2ccccc12. The third-order valence-corrected chi connectivity index (χ3v) is 5.48. The van der Waals surface area contributed by atoms with Gasteiger partial charge in [0.15, 0.2) is 0 Å². The monoisotopic (exact) mass is 349 g/mol. The number of thiophene rings is 1.